The Kier molecular flexibility index (Phi) is 10.5. The number of aliphatic carboxylic acids is 1. The second-order valence-corrected chi connectivity index (χ2v) is 13.0. The molecule has 1 fully saturated rings. The molecule has 272 valence electrons. The molecule has 3 amide bonds. The second kappa shape index (κ2) is 15.0. The minimum atomic E-state index is -4.63. The number of hydrogen-bond acceptors (Lipinski definition) is 7. The molecule has 11 nitrogen and oxygen atoms in total. The summed E-state index contributed by atoms with van der Waals surface area (Å²) >= 11 is 0. The molecule has 4 aromatic rings. The molecule has 0 aliphatic carbocycles. The first kappa shape index (κ1) is 36.3. The number of amides is 3. The third-order valence-corrected chi connectivity index (χ3v) is 9.57. The number of aliphatic hydroxyl groups is 1. The van der Waals surface area contributed by atoms with Crippen LogP contribution in [0.15, 0.2) is 91.0 Å². The number of carbonyl (C=O) groups is 4. The number of benzene rings is 4. The second-order valence-electron chi connectivity index (χ2n) is 13.0. The number of alkyl halides is 3. The summed E-state index contributed by atoms with van der Waals surface area (Å²) in [6, 6.07) is 20.6. The standard InChI is InChI=1S/C38H37F3N4O7/c1-43-32(37(50)51)15-16-33(46)45(29-12-9-23-5-2-3-6-25(23)18-29)21-34(47)44-20-28(42-35(48)26-7-4-8-27(17-26)38(39,40)41)19-30(44)22-52-31-13-10-24(11-14-31)36(43)49/h2-14,17-18,28,30,32,34,47H,15-16,19-22H2,1H3,(H,42,48)(H,50,51)/t28-,30+,32+,34?/m1/s1. The van der Waals surface area contributed by atoms with Crippen LogP contribution in [0.2, 0.25) is 0 Å². The number of halogens is 3. The van der Waals surface area contributed by atoms with Gasteiger partial charge in [0.05, 0.1) is 12.1 Å². The van der Waals surface area contributed by atoms with Crippen molar-refractivity contribution in [2.45, 2.75) is 49.8 Å². The van der Waals surface area contributed by atoms with Crippen molar-refractivity contribution in [3.63, 3.8) is 0 Å². The molecule has 4 atom stereocenters. The van der Waals surface area contributed by atoms with Gasteiger partial charge < -0.3 is 30.1 Å². The Morgan fingerprint density at radius 2 is 1.63 bits per heavy atom. The highest BCUT2D eigenvalue weighted by Gasteiger charge is 2.39. The lowest BCUT2D eigenvalue weighted by Gasteiger charge is -2.34. The fraction of sp³-hybridized carbons (Fsp3) is 0.316. The van der Waals surface area contributed by atoms with Gasteiger partial charge in [-0.3, -0.25) is 19.3 Å². The molecule has 7 rings (SSSR count). The summed E-state index contributed by atoms with van der Waals surface area (Å²) in [5.74, 6) is -2.66. The molecule has 3 N–H and O–H groups in total. The monoisotopic (exact) mass is 718 g/mol. The highest BCUT2D eigenvalue weighted by molar-refractivity contribution is 5.98. The van der Waals surface area contributed by atoms with Crippen molar-refractivity contribution < 1.29 is 47.3 Å². The number of ether oxygens (including phenoxy) is 1. The van der Waals surface area contributed by atoms with Crippen molar-refractivity contribution in [3.05, 3.63) is 108 Å². The summed E-state index contributed by atoms with van der Waals surface area (Å²) in [6.07, 6.45) is -6.15. The van der Waals surface area contributed by atoms with Crippen molar-refractivity contribution in [1.29, 1.82) is 0 Å². The van der Waals surface area contributed by atoms with Gasteiger partial charge in [-0.2, -0.15) is 13.2 Å². The van der Waals surface area contributed by atoms with Crippen LogP contribution >= 0.6 is 0 Å². The normalized spacial score (nSPS) is 22.2. The topological polar surface area (TPSA) is 140 Å². The number of carbonyl (C=O) groups excluding carboxylic acids is 3. The van der Waals surface area contributed by atoms with Crippen LogP contribution in [0.1, 0.15) is 45.5 Å². The van der Waals surface area contributed by atoms with Gasteiger partial charge in [0.15, 0.2) is 0 Å². The van der Waals surface area contributed by atoms with Crippen molar-refractivity contribution in [3.8, 4) is 5.75 Å². The van der Waals surface area contributed by atoms with Crippen LogP contribution in [0.3, 0.4) is 0 Å². The van der Waals surface area contributed by atoms with Gasteiger partial charge in [-0.1, -0.05) is 36.4 Å². The van der Waals surface area contributed by atoms with Gasteiger partial charge in [0.2, 0.25) is 5.91 Å². The quantitative estimate of drug-likeness (QED) is 0.274. The number of likely N-dealkylation sites (N-methyl/N-ethyl adjacent to an activating group) is 1. The van der Waals surface area contributed by atoms with Crippen molar-refractivity contribution >= 4 is 40.2 Å². The molecule has 0 saturated carbocycles. The summed E-state index contributed by atoms with van der Waals surface area (Å²) in [4.78, 5) is 56.9. The number of carboxylic acids is 1. The van der Waals surface area contributed by atoms with Crippen molar-refractivity contribution in [1.82, 2.24) is 15.1 Å². The van der Waals surface area contributed by atoms with Crippen molar-refractivity contribution in [2.75, 3.05) is 31.6 Å². The third-order valence-electron chi connectivity index (χ3n) is 9.57. The van der Waals surface area contributed by atoms with Crippen LogP contribution in [0.4, 0.5) is 18.9 Å². The Hall–Kier alpha value is -5.47. The molecule has 3 aliphatic heterocycles. The first-order valence-corrected chi connectivity index (χ1v) is 16.7. The van der Waals surface area contributed by atoms with Crippen LogP contribution < -0.4 is 15.0 Å². The lowest BCUT2D eigenvalue weighted by molar-refractivity contribution is -0.142. The first-order valence-electron chi connectivity index (χ1n) is 16.7. The van der Waals surface area contributed by atoms with Crippen LogP contribution in [-0.4, -0.2) is 94.8 Å². The van der Waals surface area contributed by atoms with E-state index in [0.29, 0.717) is 11.4 Å². The predicted molar refractivity (Wildman–Crippen MR) is 185 cm³/mol. The van der Waals surface area contributed by atoms with E-state index >= 15 is 0 Å². The maximum atomic E-state index is 14.0. The van der Waals surface area contributed by atoms with E-state index in [-0.39, 0.29) is 50.1 Å². The molecule has 14 heteroatoms. The zero-order chi connectivity index (χ0) is 37.2. The number of nitrogens with one attached hydrogen (secondary N) is 1. The molecule has 3 aliphatic rings. The van der Waals surface area contributed by atoms with E-state index in [1.165, 1.54) is 30.1 Å². The number of fused-ring (bicyclic) bond motifs is 12. The van der Waals surface area contributed by atoms with Crippen LogP contribution in [-0.2, 0) is 15.8 Å². The number of hydrogen-bond donors (Lipinski definition) is 3. The van der Waals surface area contributed by atoms with E-state index in [4.69, 9.17) is 4.74 Å². The summed E-state index contributed by atoms with van der Waals surface area (Å²) in [5.41, 5.74) is -0.459. The van der Waals surface area contributed by atoms with E-state index in [1.807, 2.05) is 30.3 Å². The van der Waals surface area contributed by atoms with Crippen LogP contribution in [0.5, 0.6) is 5.75 Å². The smallest absolute Gasteiger partial charge is 0.416 e. The van der Waals surface area contributed by atoms with E-state index in [2.05, 4.69) is 5.32 Å². The fourth-order valence-electron chi connectivity index (χ4n) is 6.75. The lowest BCUT2D eigenvalue weighted by atomic mass is 10.1. The molecule has 4 aromatic carbocycles. The van der Waals surface area contributed by atoms with E-state index < -0.39 is 59.8 Å². The van der Waals surface area contributed by atoms with E-state index in [0.717, 1.165) is 33.9 Å². The van der Waals surface area contributed by atoms with E-state index in [1.54, 1.807) is 29.2 Å². The average Bonchev–Trinajstić information content (AvgIpc) is 3.54. The summed E-state index contributed by atoms with van der Waals surface area (Å²) < 4.78 is 46.1. The zero-order valence-corrected chi connectivity index (χ0v) is 28.1. The highest BCUT2D eigenvalue weighted by Crippen LogP contribution is 2.31. The molecular formula is C38H37F3N4O7. The summed E-state index contributed by atoms with van der Waals surface area (Å²) in [7, 11) is 1.37. The summed E-state index contributed by atoms with van der Waals surface area (Å²) in [6.45, 7) is -0.146. The highest BCUT2D eigenvalue weighted by atomic mass is 19.4. The largest absolute Gasteiger partial charge is 0.492 e. The average molecular weight is 719 g/mol. The minimum absolute atomic E-state index is 0.0190. The van der Waals surface area contributed by atoms with E-state index in [9.17, 15) is 42.6 Å². The molecule has 1 unspecified atom stereocenters. The molecule has 2 bridgehead atoms. The van der Waals surface area contributed by atoms with Crippen LogP contribution in [0.25, 0.3) is 10.8 Å². The maximum absolute atomic E-state index is 14.0. The molecule has 3 heterocycles. The third kappa shape index (κ3) is 8.03. The first-order chi connectivity index (χ1) is 24.8. The number of anilines is 1. The van der Waals surface area contributed by atoms with Gasteiger partial charge >= 0.3 is 12.1 Å². The number of nitrogens with zero attached hydrogens (tertiary/aromatic N) is 3. The Morgan fingerprint density at radius 3 is 2.35 bits per heavy atom. The number of rotatable bonds is 4. The van der Waals surface area contributed by atoms with Gasteiger partial charge in [0.25, 0.3) is 11.8 Å². The summed E-state index contributed by atoms with van der Waals surface area (Å²) in [5, 5.41) is 26.4. The molecule has 52 heavy (non-hydrogen) atoms. The van der Waals surface area contributed by atoms with Gasteiger partial charge in [-0.25, -0.2) is 4.79 Å². The minimum Gasteiger partial charge on any atom is -0.492 e. The molecule has 0 aromatic heterocycles. The molecule has 1 saturated heterocycles. The Bertz CT molecular complexity index is 1970. The van der Waals surface area contributed by atoms with Gasteiger partial charge in [-0.05, 0) is 78.2 Å². The SMILES string of the molecule is CN1C(=O)c2ccc(cc2)OC[C@@H]2C[C@@H](NC(=O)c3cccc(C(F)(F)F)c3)CN2C(O)CN(c2ccc3ccccc3c2)C(=O)CC[C@H]1C(=O)O. The van der Waals surface area contributed by atoms with Gasteiger partial charge in [0, 0.05) is 48.9 Å². The molecule has 0 radical (unpaired) electrons. The van der Waals surface area contributed by atoms with Gasteiger partial charge in [-0.15, -0.1) is 0 Å². The predicted octanol–water partition coefficient (Wildman–Crippen LogP) is 4.78. The molecule has 0 spiro atoms. The Morgan fingerprint density at radius 1 is 0.904 bits per heavy atom. The lowest BCUT2D eigenvalue weighted by Crippen LogP contribution is -2.50. The Labute approximate surface area is 297 Å². The maximum Gasteiger partial charge on any atom is 0.416 e. The van der Waals surface area contributed by atoms with Crippen LogP contribution in [0, 0.1) is 0 Å². The number of carboxylic acid groups (broad SMARTS) is 1. The Balaban J connectivity index is 1.32. The zero-order valence-electron chi connectivity index (χ0n) is 28.1. The van der Waals surface area contributed by atoms with Gasteiger partial charge in [0.1, 0.15) is 24.6 Å². The fourth-order valence-corrected chi connectivity index (χ4v) is 6.75. The van der Waals surface area contributed by atoms with Crippen molar-refractivity contribution in [2.24, 2.45) is 0 Å². The molecular weight excluding hydrogens is 681 g/mol. The number of aliphatic hydroxyl groups excluding tert-OH is 1.